The van der Waals surface area contributed by atoms with Gasteiger partial charge < -0.3 is 18.8 Å². The SMILES string of the molecule is CCOc1ccc(C(=O)[C@H](C)OC(=O)/C(C#N)=C/c2cc(C)n(CCOC)c2C)cc1. The smallest absolute Gasteiger partial charge is 0.349 e. The van der Waals surface area contributed by atoms with Crippen molar-refractivity contribution in [3.05, 3.63) is 58.4 Å². The largest absolute Gasteiger partial charge is 0.494 e. The van der Waals surface area contributed by atoms with Gasteiger partial charge in [0.25, 0.3) is 0 Å². The minimum atomic E-state index is -1.03. The Bertz CT molecular complexity index is 996. The molecule has 7 heteroatoms. The monoisotopic (exact) mass is 424 g/mol. The molecule has 1 aromatic heterocycles. The van der Waals surface area contributed by atoms with Gasteiger partial charge in [0.2, 0.25) is 5.78 Å². The Kier molecular flexibility index (Phi) is 8.59. The van der Waals surface area contributed by atoms with Crippen molar-refractivity contribution in [1.82, 2.24) is 4.57 Å². The highest BCUT2D eigenvalue weighted by atomic mass is 16.5. The molecule has 0 N–H and O–H groups in total. The van der Waals surface area contributed by atoms with Crippen molar-refractivity contribution in [2.75, 3.05) is 20.3 Å². The van der Waals surface area contributed by atoms with E-state index in [0.717, 1.165) is 17.0 Å². The molecule has 0 unspecified atom stereocenters. The molecule has 0 radical (unpaired) electrons. The number of hydrogen-bond acceptors (Lipinski definition) is 6. The molecule has 0 fully saturated rings. The second-order valence-corrected chi connectivity index (χ2v) is 7.01. The fourth-order valence-electron chi connectivity index (χ4n) is 3.19. The van der Waals surface area contributed by atoms with Gasteiger partial charge in [-0.05, 0) is 69.7 Å². The fourth-order valence-corrected chi connectivity index (χ4v) is 3.19. The lowest BCUT2D eigenvalue weighted by atomic mass is 10.1. The van der Waals surface area contributed by atoms with E-state index >= 15 is 0 Å². The summed E-state index contributed by atoms with van der Waals surface area (Å²) in [6.07, 6.45) is 0.457. The Hall–Kier alpha value is -3.37. The van der Waals surface area contributed by atoms with E-state index in [0.29, 0.717) is 31.1 Å². The first kappa shape index (κ1) is 23.9. The number of Topliss-reactive ketones (excluding diaryl/α,β-unsaturated/α-hetero) is 1. The summed E-state index contributed by atoms with van der Waals surface area (Å²) in [5.74, 6) is -0.538. The Morgan fingerprint density at radius 1 is 1.23 bits per heavy atom. The Morgan fingerprint density at radius 3 is 2.48 bits per heavy atom. The second kappa shape index (κ2) is 11.1. The average Bonchev–Trinajstić information content (AvgIpc) is 3.02. The van der Waals surface area contributed by atoms with Gasteiger partial charge in [0.05, 0.1) is 13.2 Å². The van der Waals surface area contributed by atoms with Crippen LogP contribution in [0.25, 0.3) is 6.08 Å². The highest BCUT2D eigenvalue weighted by Crippen LogP contribution is 2.20. The Labute approximate surface area is 182 Å². The van der Waals surface area contributed by atoms with Gasteiger partial charge in [-0.3, -0.25) is 4.79 Å². The number of nitrogens with zero attached hydrogens (tertiary/aromatic N) is 2. The lowest BCUT2D eigenvalue weighted by molar-refractivity contribution is -0.141. The highest BCUT2D eigenvalue weighted by molar-refractivity contribution is 6.03. The first-order valence-electron chi connectivity index (χ1n) is 10.1. The maximum atomic E-state index is 12.6. The van der Waals surface area contributed by atoms with Crippen LogP contribution < -0.4 is 4.74 Å². The average molecular weight is 424 g/mol. The summed E-state index contributed by atoms with van der Waals surface area (Å²) in [6.45, 7) is 8.97. The predicted molar refractivity (Wildman–Crippen MR) is 117 cm³/mol. The first-order valence-corrected chi connectivity index (χ1v) is 10.1. The van der Waals surface area contributed by atoms with Crippen LogP contribution in [0.1, 0.15) is 41.2 Å². The number of ketones is 1. The standard InChI is InChI=1S/C24H28N2O5/c1-6-30-22-9-7-19(8-10-22)23(27)18(4)31-24(28)21(15-25)14-20-13-16(2)26(17(20)3)11-12-29-5/h7-10,13-14,18H,6,11-12H2,1-5H3/b21-14+/t18-/m0/s1. The van der Waals surface area contributed by atoms with Crippen LogP contribution in [0.5, 0.6) is 5.75 Å². The summed E-state index contributed by atoms with van der Waals surface area (Å²) in [7, 11) is 1.63. The van der Waals surface area contributed by atoms with Gasteiger partial charge in [0.15, 0.2) is 6.10 Å². The summed E-state index contributed by atoms with van der Waals surface area (Å²) in [5.41, 5.74) is 2.87. The number of carbonyl (C=O) groups is 2. The molecular formula is C24H28N2O5. The van der Waals surface area contributed by atoms with E-state index in [2.05, 4.69) is 0 Å². The molecule has 0 aliphatic rings. The van der Waals surface area contributed by atoms with E-state index < -0.39 is 12.1 Å². The van der Waals surface area contributed by atoms with Crippen molar-refractivity contribution in [2.45, 2.75) is 40.3 Å². The predicted octanol–water partition coefficient (Wildman–Crippen LogP) is 3.87. The molecule has 1 aromatic carbocycles. The minimum absolute atomic E-state index is 0.168. The van der Waals surface area contributed by atoms with E-state index in [1.165, 1.54) is 13.0 Å². The van der Waals surface area contributed by atoms with Crippen molar-refractivity contribution in [3.8, 4) is 11.8 Å². The van der Waals surface area contributed by atoms with E-state index in [4.69, 9.17) is 14.2 Å². The normalized spacial score (nSPS) is 12.2. The van der Waals surface area contributed by atoms with Crippen LogP contribution in [0.15, 0.2) is 35.9 Å². The summed E-state index contributed by atoms with van der Waals surface area (Å²) in [5, 5.41) is 9.47. The topological polar surface area (TPSA) is 90.5 Å². The number of benzene rings is 1. The summed E-state index contributed by atoms with van der Waals surface area (Å²) >= 11 is 0. The number of carbonyl (C=O) groups excluding carboxylic acids is 2. The summed E-state index contributed by atoms with van der Waals surface area (Å²) < 4.78 is 17.8. The molecule has 0 aliphatic heterocycles. The van der Waals surface area contributed by atoms with Gasteiger partial charge in [-0.25, -0.2) is 4.79 Å². The molecule has 1 heterocycles. The molecule has 0 saturated carbocycles. The van der Waals surface area contributed by atoms with Crippen molar-refractivity contribution in [3.63, 3.8) is 0 Å². The number of methoxy groups -OCH3 is 1. The van der Waals surface area contributed by atoms with Gasteiger partial charge in [-0.2, -0.15) is 5.26 Å². The van der Waals surface area contributed by atoms with E-state index in [1.54, 1.807) is 31.4 Å². The quantitative estimate of drug-likeness (QED) is 0.249. The highest BCUT2D eigenvalue weighted by Gasteiger charge is 2.22. The van der Waals surface area contributed by atoms with Crippen molar-refractivity contribution in [2.24, 2.45) is 0 Å². The van der Waals surface area contributed by atoms with Crippen LogP contribution in [0.3, 0.4) is 0 Å². The van der Waals surface area contributed by atoms with Crippen LogP contribution >= 0.6 is 0 Å². The van der Waals surface area contributed by atoms with Gasteiger partial charge in [0.1, 0.15) is 17.4 Å². The third-order valence-corrected chi connectivity index (χ3v) is 4.87. The third-order valence-electron chi connectivity index (χ3n) is 4.87. The number of nitriles is 1. The molecule has 31 heavy (non-hydrogen) atoms. The van der Waals surface area contributed by atoms with E-state index in [9.17, 15) is 14.9 Å². The lowest BCUT2D eigenvalue weighted by Gasteiger charge is -2.12. The molecule has 2 aromatic rings. The van der Waals surface area contributed by atoms with Crippen molar-refractivity contribution >= 4 is 17.8 Å². The first-order chi connectivity index (χ1) is 14.8. The number of rotatable bonds is 10. The van der Waals surface area contributed by atoms with E-state index in [1.807, 2.05) is 37.5 Å². The van der Waals surface area contributed by atoms with E-state index in [-0.39, 0.29) is 11.4 Å². The Balaban J connectivity index is 2.13. The van der Waals surface area contributed by atoms with Gasteiger partial charge in [0, 0.05) is 30.6 Å². The van der Waals surface area contributed by atoms with Gasteiger partial charge in [-0.1, -0.05) is 0 Å². The second-order valence-electron chi connectivity index (χ2n) is 7.01. The number of hydrogen-bond donors (Lipinski definition) is 0. The zero-order chi connectivity index (χ0) is 23.0. The molecule has 0 spiro atoms. The molecular weight excluding hydrogens is 396 g/mol. The molecule has 0 amide bonds. The van der Waals surface area contributed by atoms with Crippen LogP contribution in [-0.4, -0.2) is 42.7 Å². The number of aryl methyl sites for hydroxylation is 1. The van der Waals surface area contributed by atoms with Crippen LogP contribution in [0.2, 0.25) is 0 Å². The lowest BCUT2D eigenvalue weighted by Crippen LogP contribution is -2.25. The zero-order valence-electron chi connectivity index (χ0n) is 18.6. The molecule has 0 aliphatic carbocycles. The zero-order valence-corrected chi connectivity index (χ0v) is 18.6. The maximum Gasteiger partial charge on any atom is 0.349 e. The molecule has 164 valence electrons. The number of ether oxygens (including phenoxy) is 3. The fraction of sp³-hybridized carbons (Fsp3) is 0.375. The number of aromatic nitrogens is 1. The minimum Gasteiger partial charge on any atom is -0.494 e. The molecule has 0 saturated heterocycles. The van der Waals surface area contributed by atoms with Crippen LogP contribution in [0, 0.1) is 25.2 Å². The summed E-state index contributed by atoms with van der Waals surface area (Å²) in [6, 6.07) is 10.4. The van der Waals surface area contributed by atoms with Crippen molar-refractivity contribution in [1.29, 1.82) is 5.26 Å². The van der Waals surface area contributed by atoms with Crippen LogP contribution in [0.4, 0.5) is 0 Å². The van der Waals surface area contributed by atoms with Gasteiger partial charge in [-0.15, -0.1) is 0 Å². The molecule has 7 nitrogen and oxygen atoms in total. The molecule has 1 atom stereocenters. The molecule has 2 rings (SSSR count). The van der Waals surface area contributed by atoms with Crippen molar-refractivity contribution < 1.29 is 23.8 Å². The summed E-state index contributed by atoms with van der Waals surface area (Å²) in [4.78, 5) is 25.1. The Morgan fingerprint density at radius 2 is 1.90 bits per heavy atom. The van der Waals surface area contributed by atoms with Crippen LogP contribution in [-0.2, 0) is 20.8 Å². The maximum absolute atomic E-state index is 12.6. The van der Waals surface area contributed by atoms with Gasteiger partial charge >= 0.3 is 5.97 Å². The third kappa shape index (κ3) is 6.06. The number of esters is 1. The molecule has 0 bridgehead atoms.